The third-order valence-corrected chi connectivity index (χ3v) is 9.63. The van der Waals surface area contributed by atoms with E-state index in [-0.39, 0.29) is 17.6 Å². The standard InChI is InChI=1S/C37H39FN8O2/c1-2-14-37(36(48)41-29-10-13-32-31(23-29)34(43-42-32)26-4-8-28(38)9-5-26)15-18-44(25-37)24-33(47)46-21-19-45(20-22-46)30-11-6-27(7-12-30)35-39-16-3-17-40-35/h3-13,16-17,23H,2,14-15,18-22,24-25H2,1H3,(H,41,48)(H,42,43). The average molecular weight is 647 g/mol. The maximum Gasteiger partial charge on any atom is 0.236 e. The fourth-order valence-corrected chi connectivity index (χ4v) is 7.03. The number of carbonyl (C=O) groups is 2. The van der Waals surface area contributed by atoms with E-state index < -0.39 is 5.41 Å². The quantitative estimate of drug-likeness (QED) is 0.214. The number of benzene rings is 3. The second-order valence-electron chi connectivity index (χ2n) is 12.8. The van der Waals surface area contributed by atoms with Crippen molar-refractivity contribution < 1.29 is 14.0 Å². The highest BCUT2D eigenvalue weighted by Gasteiger charge is 2.44. The van der Waals surface area contributed by atoms with E-state index in [0.717, 1.165) is 53.6 Å². The summed E-state index contributed by atoms with van der Waals surface area (Å²) in [4.78, 5) is 42.3. The molecule has 0 bridgehead atoms. The smallest absolute Gasteiger partial charge is 0.236 e. The van der Waals surface area contributed by atoms with Gasteiger partial charge in [-0.2, -0.15) is 5.10 Å². The van der Waals surface area contributed by atoms with Crippen molar-refractivity contribution >= 4 is 34.1 Å². The van der Waals surface area contributed by atoms with E-state index in [0.29, 0.717) is 56.4 Å². The summed E-state index contributed by atoms with van der Waals surface area (Å²) in [6.07, 6.45) is 5.79. The first-order valence-corrected chi connectivity index (χ1v) is 16.6. The highest BCUT2D eigenvalue weighted by molar-refractivity contribution is 6.00. The Balaban J connectivity index is 0.953. The van der Waals surface area contributed by atoms with Crippen LogP contribution in [-0.4, -0.2) is 87.6 Å². The number of fused-ring (bicyclic) bond motifs is 1. The van der Waals surface area contributed by atoms with Gasteiger partial charge in [-0.15, -0.1) is 0 Å². The molecule has 2 fully saturated rings. The van der Waals surface area contributed by atoms with Crippen molar-refractivity contribution in [2.24, 2.45) is 5.41 Å². The molecule has 2 amide bonds. The van der Waals surface area contributed by atoms with Crippen LogP contribution in [0.1, 0.15) is 26.2 Å². The van der Waals surface area contributed by atoms with E-state index in [1.165, 1.54) is 12.1 Å². The molecule has 2 aromatic heterocycles. The Morgan fingerprint density at radius 1 is 0.917 bits per heavy atom. The van der Waals surface area contributed by atoms with E-state index in [9.17, 15) is 14.0 Å². The molecule has 7 rings (SSSR count). The molecule has 3 aromatic carbocycles. The molecule has 5 aromatic rings. The van der Waals surface area contributed by atoms with Crippen LogP contribution in [0.4, 0.5) is 15.8 Å². The number of rotatable bonds is 9. The van der Waals surface area contributed by atoms with Gasteiger partial charge in [-0.25, -0.2) is 14.4 Å². The van der Waals surface area contributed by atoms with E-state index in [1.807, 2.05) is 35.2 Å². The zero-order chi connectivity index (χ0) is 33.1. The minimum Gasteiger partial charge on any atom is -0.368 e. The second-order valence-corrected chi connectivity index (χ2v) is 12.8. The molecule has 2 N–H and O–H groups in total. The fourth-order valence-electron chi connectivity index (χ4n) is 7.03. The predicted molar refractivity (Wildman–Crippen MR) is 185 cm³/mol. The highest BCUT2D eigenvalue weighted by Crippen LogP contribution is 2.37. The SMILES string of the molecule is CCCC1(C(=O)Nc2ccc3[nH]nc(-c4ccc(F)cc4)c3c2)CCN(CC(=O)N2CCN(c3ccc(-c4ncccn4)cc3)CC2)C1. The molecule has 4 heterocycles. The molecule has 0 spiro atoms. The lowest BCUT2D eigenvalue weighted by molar-refractivity contribution is -0.133. The summed E-state index contributed by atoms with van der Waals surface area (Å²) in [5.74, 6) is 0.483. The van der Waals surface area contributed by atoms with Crippen LogP contribution in [0.25, 0.3) is 33.5 Å². The van der Waals surface area contributed by atoms with Crippen molar-refractivity contribution in [3.8, 4) is 22.6 Å². The zero-order valence-corrected chi connectivity index (χ0v) is 27.0. The molecular weight excluding hydrogens is 607 g/mol. The van der Waals surface area contributed by atoms with Gasteiger partial charge in [0, 0.05) is 73.0 Å². The first-order valence-electron chi connectivity index (χ1n) is 16.6. The molecule has 246 valence electrons. The van der Waals surface area contributed by atoms with Crippen molar-refractivity contribution in [3.05, 3.63) is 91.0 Å². The van der Waals surface area contributed by atoms with Gasteiger partial charge in [0.25, 0.3) is 0 Å². The van der Waals surface area contributed by atoms with Gasteiger partial charge in [-0.05, 0) is 92.2 Å². The third kappa shape index (κ3) is 6.50. The number of amides is 2. The predicted octanol–water partition coefficient (Wildman–Crippen LogP) is 5.61. The van der Waals surface area contributed by atoms with Crippen molar-refractivity contribution in [2.45, 2.75) is 26.2 Å². The summed E-state index contributed by atoms with van der Waals surface area (Å²) in [5, 5.41) is 11.5. The molecule has 10 nitrogen and oxygen atoms in total. The van der Waals surface area contributed by atoms with Crippen LogP contribution in [-0.2, 0) is 9.59 Å². The summed E-state index contributed by atoms with van der Waals surface area (Å²) in [6, 6.07) is 21.9. The van der Waals surface area contributed by atoms with Crippen LogP contribution in [0.5, 0.6) is 0 Å². The highest BCUT2D eigenvalue weighted by atomic mass is 19.1. The van der Waals surface area contributed by atoms with Crippen LogP contribution in [0.3, 0.4) is 0 Å². The van der Waals surface area contributed by atoms with Gasteiger partial charge in [0.2, 0.25) is 11.8 Å². The number of halogens is 1. The van der Waals surface area contributed by atoms with Crippen LogP contribution >= 0.6 is 0 Å². The third-order valence-electron chi connectivity index (χ3n) is 9.63. The number of H-pyrrole nitrogens is 1. The number of nitrogens with zero attached hydrogens (tertiary/aromatic N) is 6. The number of aromatic amines is 1. The topological polar surface area (TPSA) is 110 Å². The van der Waals surface area contributed by atoms with Gasteiger partial charge in [0.15, 0.2) is 5.82 Å². The molecule has 1 atom stereocenters. The van der Waals surface area contributed by atoms with Gasteiger partial charge in [0.1, 0.15) is 5.82 Å². The van der Waals surface area contributed by atoms with Crippen molar-refractivity contribution in [1.82, 2.24) is 30.0 Å². The zero-order valence-electron chi connectivity index (χ0n) is 27.0. The number of carbonyl (C=O) groups excluding carboxylic acids is 2. The van der Waals surface area contributed by atoms with Crippen molar-refractivity contribution in [1.29, 1.82) is 0 Å². The largest absolute Gasteiger partial charge is 0.368 e. The van der Waals surface area contributed by atoms with E-state index in [4.69, 9.17) is 0 Å². The Morgan fingerprint density at radius 2 is 1.65 bits per heavy atom. The molecule has 11 heteroatoms. The molecule has 2 aliphatic heterocycles. The first-order chi connectivity index (χ1) is 23.4. The summed E-state index contributed by atoms with van der Waals surface area (Å²) >= 11 is 0. The molecule has 0 radical (unpaired) electrons. The van der Waals surface area contributed by atoms with Gasteiger partial charge >= 0.3 is 0 Å². The molecule has 1 unspecified atom stereocenters. The molecule has 2 aliphatic rings. The van der Waals surface area contributed by atoms with E-state index in [1.54, 1.807) is 30.6 Å². The summed E-state index contributed by atoms with van der Waals surface area (Å²) in [7, 11) is 0. The lowest BCUT2D eigenvalue weighted by Crippen LogP contribution is -2.51. The van der Waals surface area contributed by atoms with Crippen LogP contribution in [0.15, 0.2) is 85.2 Å². The summed E-state index contributed by atoms with van der Waals surface area (Å²) in [6.45, 7) is 6.50. The number of hydrogen-bond donors (Lipinski definition) is 2. The summed E-state index contributed by atoms with van der Waals surface area (Å²) < 4.78 is 13.5. The molecule has 0 aliphatic carbocycles. The number of hydrogen-bond acceptors (Lipinski definition) is 7. The van der Waals surface area contributed by atoms with Crippen molar-refractivity contribution in [3.63, 3.8) is 0 Å². The minimum atomic E-state index is -0.574. The molecular formula is C37H39FN8O2. The number of nitrogens with one attached hydrogen (secondary N) is 2. The Bertz CT molecular complexity index is 1890. The van der Waals surface area contributed by atoms with Crippen LogP contribution in [0.2, 0.25) is 0 Å². The van der Waals surface area contributed by atoms with E-state index in [2.05, 4.69) is 54.3 Å². The maximum atomic E-state index is 13.9. The fraction of sp³-hybridized carbons (Fsp3) is 0.324. The summed E-state index contributed by atoms with van der Waals surface area (Å²) in [5.41, 5.74) is 4.53. The van der Waals surface area contributed by atoms with Crippen molar-refractivity contribution in [2.75, 3.05) is 56.0 Å². The second kappa shape index (κ2) is 13.5. The van der Waals surface area contributed by atoms with Gasteiger partial charge in [-0.3, -0.25) is 19.6 Å². The van der Waals surface area contributed by atoms with E-state index >= 15 is 0 Å². The maximum absolute atomic E-state index is 13.9. The number of likely N-dealkylation sites (tertiary alicyclic amines) is 1. The first kappa shape index (κ1) is 31.4. The monoisotopic (exact) mass is 646 g/mol. The number of anilines is 2. The Morgan fingerprint density at radius 3 is 2.38 bits per heavy atom. The number of piperazine rings is 1. The van der Waals surface area contributed by atoms with Crippen LogP contribution in [0, 0.1) is 11.2 Å². The normalized spacial score (nSPS) is 18.4. The minimum absolute atomic E-state index is 0.0241. The molecule has 0 saturated carbocycles. The average Bonchev–Trinajstić information content (AvgIpc) is 3.74. The number of aromatic nitrogens is 4. The van der Waals surface area contributed by atoms with Gasteiger partial charge in [0.05, 0.1) is 23.2 Å². The lowest BCUT2D eigenvalue weighted by atomic mass is 9.81. The Hall–Kier alpha value is -5.16. The molecule has 2 saturated heterocycles. The van der Waals surface area contributed by atoms with Crippen LogP contribution < -0.4 is 10.2 Å². The Labute approximate surface area is 279 Å². The lowest BCUT2D eigenvalue weighted by Gasteiger charge is -2.37. The Kier molecular flexibility index (Phi) is 8.86. The molecule has 48 heavy (non-hydrogen) atoms. The van der Waals surface area contributed by atoms with Gasteiger partial charge in [-0.1, -0.05) is 13.3 Å². The van der Waals surface area contributed by atoms with Gasteiger partial charge < -0.3 is 15.1 Å².